The lowest BCUT2D eigenvalue weighted by Crippen LogP contribution is -2.22. The molecular formula is C26H21ClN2O6. The zero-order valence-electron chi connectivity index (χ0n) is 18.9. The number of carbonyl (C=O) groups is 1. The van der Waals surface area contributed by atoms with Gasteiger partial charge in [0, 0.05) is 28.3 Å². The number of carbonyl (C=O) groups excluding carboxylic acids is 1. The Kier molecular flexibility index (Phi) is 6.99. The second-order valence-corrected chi connectivity index (χ2v) is 7.89. The molecular weight excluding hydrogens is 472 g/mol. The second-order valence-electron chi connectivity index (χ2n) is 7.45. The summed E-state index contributed by atoms with van der Waals surface area (Å²) < 4.78 is 27.3. The van der Waals surface area contributed by atoms with Crippen molar-refractivity contribution in [2.45, 2.75) is 5.92 Å². The number of esters is 1. The van der Waals surface area contributed by atoms with Gasteiger partial charge in [-0.1, -0.05) is 29.8 Å². The van der Waals surface area contributed by atoms with Crippen LogP contribution < -0.4 is 29.4 Å². The highest BCUT2D eigenvalue weighted by Crippen LogP contribution is 2.46. The molecule has 1 aliphatic heterocycles. The van der Waals surface area contributed by atoms with Crippen molar-refractivity contribution < 1.29 is 28.5 Å². The van der Waals surface area contributed by atoms with E-state index in [1.807, 2.05) is 6.07 Å². The van der Waals surface area contributed by atoms with Crippen LogP contribution in [-0.4, -0.2) is 26.8 Å². The Labute approximate surface area is 207 Å². The fourth-order valence-electron chi connectivity index (χ4n) is 3.74. The van der Waals surface area contributed by atoms with E-state index < -0.39 is 11.9 Å². The van der Waals surface area contributed by atoms with Crippen LogP contribution in [0.25, 0.3) is 0 Å². The fourth-order valence-corrected chi connectivity index (χ4v) is 3.92. The molecule has 0 bridgehead atoms. The molecule has 178 valence electrons. The van der Waals surface area contributed by atoms with Crippen molar-refractivity contribution >= 4 is 17.6 Å². The number of nitriles is 1. The van der Waals surface area contributed by atoms with Crippen LogP contribution in [0.5, 0.6) is 28.7 Å². The Balaban J connectivity index is 1.60. The molecule has 3 aromatic carbocycles. The maximum atomic E-state index is 12.3. The van der Waals surface area contributed by atoms with Gasteiger partial charge < -0.3 is 29.4 Å². The normalized spacial score (nSPS) is 14.3. The van der Waals surface area contributed by atoms with E-state index in [0.717, 1.165) is 0 Å². The summed E-state index contributed by atoms with van der Waals surface area (Å²) in [7, 11) is 3.09. The summed E-state index contributed by atoms with van der Waals surface area (Å²) in [6.07, 6.45) is 0. The molecule has 4 rings (SSSR count). The van der Waals surface area contributed by atoms with Gasteiger partial charge in [-0.2, -0.15) is 5.26 Å². The first-order valence-electron chi connectivity index (χ1n) is 10.5. The number of halogens is 1. The maximum absolute atomic E-state index is 12.3. The first-order chi connectivity index (χ1) is 16.9. The summed E-state index contributed by atoms with van der Waals surface area (Å²) in [6.45, 7) is -0.315. The van der Waals surface area contributed by atoms with E-state index >= 15 is 0 Å². The van der Waals surface area contributed by atoms with Crippen LogP contribution >= 0.6 is 11.6 Å². The minimum absolute atomic E-state index is 0.0457. The van der Waals surface area contributed by atoms with Gasteiger partial charge >= 0.3 is 5.97 Å². The monoisotopic (exact) mass is 492 g/mol. The lowest BCUT2D eigenvalue weighted by atomic mass is 9.83. The van der Waals surface area contributed by atoms with Gasteiger partial charge in [-0.05, 0) is 30.3 Å². The summed E-state index contributed by atoms with van der Waals surface area (Å²) in [5.74, 6) is 0.947. The molecule has 0 saturated heterocycles. The lowest BCUT2D eigenvalue weighted by molar-refractivity contribution is -0.136. The molecule has 8 nitrogen and oxygen atoms in total. The molecule has 0 amide bonds. The van der Waals surface area contributed by atoms with Crippen molar-refractivity contribution in [2.75, 3.05) is 20.8 Å². The average Bonchev–Trinajstić information content (AvgIpc) is 2.86. The van der Waals surface area contributed by atoms with E-state index in [2.05, 4.69) is 6.07 Å². The van der Waals surface area contributed by atoms with E-state index in [4.69, 9.17) is 41.0 Å². The van der Waals surface area contributed by atoms with Crippen molar-refractivity contribution in [3.63, 3.8) is 0 Å². The average molecular weight is 493 g/mol. The zero-order chi connectivity index (χ0) is 24.9. The van der Waals surface area contributed by atoms with Gasteiger partial charge in [-0.15, -0.1) is 0 Å². The third-order valence-electron chi connectivity index (χ3n) is 5.33. The van der Waals surface area contributed by atoms with Gasteiger partial charge in [0.2, 0.25) is 5.88 Å². The summed E-state index contributed by atoms with van der Waals surface area (Å²) in [5, 5.41) is 10.3. The van der Waals surface area contributed by atoms with E-state index in [1.165, 1.54) is 13.2 Å². The number of allylic oxidation sites excluding steroid dienone is 1. The second kappa shape index (κ2) is 10.3. The Morgan fingerprint density at radius 1 is 1.03 bits per heavy atom. The van der Waals surface area contributed by atoms with Crippen LogP contribution in [0, 0.1) is 11.3 Å². The Bertz CT molecular complexity index is 1350. The van der Waals surface area contributed by atoms with Crippen LogP contribution in [-0.2, 0) is 4.79 Å². The van der Waals surface area contributed by atoms with E-state index in [9.17, 15) is 10.1 Å². The Hall–Kier alpha value is -4.35. The highest BCUT2D eigenvalue weighted by molar-refractivity contribution is 6.30. The van der Waals surface area contributed by atoms with Gasteiger partial charge in [-0.3, -0.25) is 0 Å². The molecule has 1 atom stereocenters. The standard InChI is InChI=1S/C26H21ClN2O6/c1-31-16-6-8-19(22(11-16)32-2)25-20-9-7-18(12-23(20)35-26(29)21(25)13-28)34-24(30)14-33-17-5-3-4-15(27)10-17/h3-12,25H,14,29H2,1-2H3. The van der Waals surface area contributed by atoms with Crippen LogP contribution in [0.2, 0.25) is 5.02 Å². The molecule has 35 heavy (non-hydrogen) atoms. The van der Waals surface area contributed by atoms with Gasteiger partial charge in [0.25, 0.3) is 0 Å². The van der Waals surface area contributed by atoms with Crippen molar-refractivity contribution in [1.29, 1.82) is 5.26 Å². The predicted octanol–water partition coefficient (Wildman–Crippen LogP) is 4.56. The number of fused-ring (bicyclic) bond motifs is 1. The SMILES string of the molecule is COc1ccc(C2C(C#N)=C(N)Oc3cc(OC(=O)COc4cccc(Cl)c4)ccc32)c(OC)c1. The third-order valence-corrected chi connectivity index (χ3v) is 5.56. The van der Waals surface area contributed by atoms with E-state index in [0.29, 0.717) is 39.1 Å². The molecule has 1 heterocycles. The van der Waals surface area contributed by atoms with Crippen molar-refractivity contribution in [1.82, 2.24) is 0 Å². The smallest absolute Gasteiger partial charge is 0.349 e. The van der Waals surface area contributed by atoms with Gasteiger partial charge in [0.15, 0.2) is 6.61 Å². The molecule has 0 spiro atoms. The van der Waals surface area contributed by atoms with Gasteiger partial charge in [0.05, 0.1) is 20.1 Å². The van der Waals surface area contributed by atoms with Crippen molar-refractivity contribution in [3.8, 4) is 34.8 Å². The fraction of sp³-hybridized carbons (Fsp3) is 0.154. The third kappa shape index (κ3) is 5.10. The van der Waals surface area contributed by atoms with Crippen molar-refractivity contribution in [3.05, 3.63) is 88.3 Å². The molecule has 0 fully saturated rings. The Morgan fingerprint density at radius 3 is 2.51 bits per heavy atom. The summed E-state index contributed by atoms with van der Waals surface area (Å²) in [4.78, 5) is 12.3. The molecule has 1 aliphatic rings. The van der Waals surface area contributed by atoms with E-state index in [1.54, 1.807) is 55.6 Å². The molecule has 2 N–H and O–H groups in total. The number of methoxy groups -OCH3 is 2. The minimum Gasteiger partial charge on any atom is -0.497 e. The van der Waals surface area contributed by atoms with Crippen molar-refractivity contribution in [2.24, 2.45) is 5.73 Å². The van der Waals surface area contributed by atoms with E-state index in [-0.39, 0.29) is 23.8 Å². The number of rotatable bonds is 7. The molecule has 1 unspecified atom stereocenters. The quantitative estimate of drug-likeness (QED) is 0.377. The number of hydrogen-bond donors (Lipinski definition) is 1. The highest BCUT2D eigenvalue weighted by Gasteiger charge is 2.33. The molecule has 3 aromatic rings. The van der Waals surface area contributed by atoms with Gasteiger partial charge in [-0.25, -0.2) is 4.79 Å². The molecule has 0 aliphatic carbocycles. The summed E-state index contributed by atoms with van der Waals surface area (Å²) in [5.41, 5.74) is 7.69. The number of hydrogen-bond acceptors (Lipinski definition) is 8. The topological polar surface area (TPSA) is 113 Å². The van der Waals surface area contributed by atoms with Crippen LogP contribution in [0.15, 0.2) is 72.1 Å². The maximum Gasteiger partial charge on any atom is 0.349 e. The number of benzene rings is 3. The largest absolute Gasteiger partial charge is 0.497 e. The first kappa shape index (κ1) is 23.8. The van der Waals surface area contributed by atoms with Gasteiger partial charge in [0.1, 0.15) is 40.4 Å². The summed E-state index contributed by atoms with van der Waals surface area (Å²) >= 11 is 5.92. The number of nitrogens with two attached hydrogens (primary N) is 1. The van der Waals surface area contributed by atoms with Crippen LogP contribution in [0.1, 0.15) is 17.0 Å². The molecule has 9 heteroatoms. The number of ether oxygens (including phenoxy) is 5. The first-order valence-corrected chi connectivity index (χ1v) is 10.8. The predicted molar refractivity (Wildman–Crippen MR) is 128 cm³/mol. The van der Waals surface area contributed by atoms with Crippen LogP contribution in [0.3, 0.4) is 0 Å². The number of nitrogens with zero attached hydrogens (tertiary/aromatic N) is 1. The zero-order valence-corrected chi connectivity index (χ0v) is 19.7. The Morgan fingerprint density at radius 2 is 1.80 bits per heavy atom. The van der Waals surface area contributed by atoms with Crippen LogP contribution in [0.4, 0.5) is 0 Å². The molecule has 0 aromatic heterocycles. The molecule has 0 saturated carbocycles. The minimum atomic E-state index is -0.615. The summed E-state index contributed by atoms with van der Waals surface area (Å²) in [6, 6.07) is 19.0. The highest BCUT2D eigenvalue weighted by atomic mass is 35.5. The molecule has 0 radical (unpaired) electrons. The lowest BCUT2D eigenvalue weighted by Gasteiger charge is -2.27.